The summed E-state index contributed by atoms with van der Waals surface area (Å²) in [5.74, 6) is 0.577. The predicted octanol–water partition coefficient (Wildman–Crippen LogP) is 4.45. The third-order valence-electron chi connectivity index (χ3n) is 4.95. The Morgan fingerprint density at radius 1 is 1.00 bits per heavy atom. The van der Waals surface area contributed by atoms with Gasteiger partial charge < -0.3 is 10.1 Å². The van der Waals surface area contributed by atoms with E-state index < -0.39 is 0 Å². The molecule has 1 heterocycles. The summed E-state index contributed by atoms with van der Waals surface area (Å²) in [5.41, 5.74) is 1.07. The summed E-state index contributed by atoms with van der Waals surface area (Å²) in [6, 6.07) is 17.4. The molecular formula is C22H27ClN2O2. The highest BCUT2D eigenvalue weighted by Crippen LogP contribution is 2.29. The fourth-order valence-corrected chi connectivity index (χ4v) is 3.78. The Bertz CT molecular complexity index is 715. The summed E-state index contributed by atoms with van der Waals surface area (Å²) >= 11 is 6.47. The SMILES string of the molecule is O=C(COc1ccccc1)NC[C@H](c1ccccc1Cl)N1CCCCCC1. The third kappa shape index (κ3) is 5.98. The number of nitrogens with zero attached hydrogens (tertiary/aromatic N) is 1. The van der Waals surface area contributed by atoms with Gasteiger partial charge in [0.15, 0.2) is 6.61 Å². The van der Waals surface area contributed by atoms with Gasteiger partial charge in [-0.15, -0.1) is 0 Å². The molecule has 5 heteroatoms. The highest BCUT2D eigenvalue weighted by atomic mass is 35.5. The van der Waals surface area contributed by atoms with Gasteiger partial charge in [0.05, 0.1) is 6.04 Å². The maximum absolute atomic E-state index is 12.3. The quantitative estimate of drug-likeness (QED) is 0.764. The topological polar surface area (TPSA) is 41.6 Å². The Balaban J connectivity index is 1.62. The molecule has 2 aromatic carbocycles. The Kier molecular flexibility index (Phi) is 7.55. The molecule has 0 bridgehead atoms. The fraction of sp³-hybridized carbons (Fsp3) is 0.409. The summed E-state index contributed by atoms with van der Waals surface area (Å²) in [7, 11) is 0. The first kappa shape index (κ1) is 19.7. The van der Waals surface area contributed by atoms with Gasteiger partial charge in [-0.25, -0.2) is 0 Å². The van der Waals surface area contributed by atoms with Crippen molar-refractivity contribution in [3.8, 4) is 5.75 Å². The minimum atomic E-state index is -0.120. The van der Waals surface area contributed by atoms with Crippen molar-refractivity contribution in [1.29, 1.82) is 0 Å². The zero-order valence-corrected chi connectivity index (χ0v) is 16.3. The van der Waals surface area contributed by atoms with E-state index in [-0.39, 0.29) is 18.6 Å². The van der Waals surface area contributed by atoms with E-state index in [1.54, 1.807) is 0 Å². The first-order valence-corrected chi connectivity index (χ1v) is 10.0. The second-order valence-corrected chi connectivity index (χ2v) is 7.30. The van der Waals surface area contributed by atoms with Crippen LogP contribution >= 0.6 is 11.6 Å². The Morgan fingerprint density at radius 2 is 1.67 bits per heavy atom. The van der Waals surface area contributed by atoms with Crippen molar-refractivity contribution in [2.75, 3.05) is 26.2 Å². The van der Waals surface area contributed by atoms with Gasteiger partial charge in [0.2, 0.25) is 0 Å². The number of hydrogen-bond donors (Lipinski definition) is 1. The number of hydrogen-bond acceptors (Lipinski definition) is 3. The van der Waals surface area contributed by atoms with Crippen molar-refractivity contribution in [1.82, 2.24) is 10.2 Å². The number of rotatable bonds is 7. The third-order valence-corrected chi connectivity index (χ3v) is 5.30. The van der Waals surface area contributed by atoms with Crippen LogP contribution in [0.15, 0.2) is 54.6 Å². The number of carbonyl (C=O) groups excluding carboxylic acids is 1. The van der Waals surface area contributed by atoms with Gasteiger partial charge in [-0.2, -0.15) is 0 Å². The molecule has 1 fully saturated rings. The molecular weight excluding hydrogens is 360 g/mol. The van der Waals surface area contributed by atoms with Crippen molar-refractivity contribution in [2.24, 2.45) is 0 Å². The molecule has 1 N–H and O–H groups in total. The summed E-state index contributed by atoms with van der Waals surface area (Å²) in [6.45, 7) is 2.61. The van der Waals surface area contributed by atoms with Crippen LogP contribution in [0.1, 0.15) is 37.3 Å². The molecule has 0 aliphatic carbocycles. The number of para-hydroxylation sites is 1. The highest BCUT2D eigenvalue weighted by Gasteiger charge is 2.23. The number of carbonyl (C=O) groups is 1. The second kappa shape index (κ2) is 10.3. The fourth-order valence-electron chi connectivity index (χ4n) is 3.52. The number of amides is 1. The lowest BCUT2D eigenvalue weighted by Gasteiger charge is -2.31. The molecule has 144 valence electrons. The lowest BCUT2D eigenvalue weighted by atomic mass is 10.0. The largest absolute Gasteiger partial charge is 0.484 e. The first-order valence-electron chi connectivity index (χ1n) is 9.67. The van der Waals surface area contributed by atoms with E-state index in [4.69, 9.17) is 16.3 Å². The molecule has 27 heavy (non-hydrogen) atoms. The smallest absolute Gasteiger partial charge is 0.258 e. The van der Waals surface area contributed by atoms with Crippen molar-refractivity contribution in [3.63, 3.8) is 0 Å². The van der Waals surface area contributed by atoms with Crippen LogP contribution in [0.2, 0.25) is 5.02 Å². The standard InChI is InChI=1S/C22H27ClN2O2/c23-20-13-7-6-12-19(20)21(25-14-8-1-2-9-15-25)16-24-22(26)17-27-18-10-4-3-5-11-18/h3-7,10-13,21H,1-2,8-9,14-17H2,(H,24,26)/t21-/m1/s1. The molecule has 0 aromatic heterocycles. The minimum Gasteiger partial charge on any atom is -0.484 e. The summed E-state index contributed by atoms with van der Waals surface area (Å²) in [5, 5.41) is 3.78. The molecule has 1 saturated heterocycles. The van der Waals surface area contributed by atoms with E-state index in [9.17, 15) is 4.79 Å². The Labute approximate surface area is 166 Å². The lowest BCUT2D eigenvalue weighted by molar-refractivity contribution is -0.123. The normalized spacial score (nSPS) is 16.3. The van der Waals surface area contributed by atoms with Gasteiger partial charge in [-0.1, -0.05) is 60.8 Å². The number of nitrogens with one attached hydrogen (secondary N) is 1. The molecule has 0 radical (unpaired) electrons. The van der Waals surface area contributed by atoms with Crippen LogP contribution in [0, 0.1) is 0 Å². The van der Waals surface area contributed by atoms with Crippen LogP contribution in [0.4, 0.5) is 0 Å². The number of likely N-dealkylation sites (tertiary alicyclic amines) is 1. The van der Waals surface area contributed by atoms with Gasteiger partial charge in [-0.3, -0.25) is 9.69 Å². The Morgan fingerprint density at radius 3 is 2.37 bits per heavy atom. The van der Waals surface area contributed by atoms with Crippen LogP contribution in [-0.2, 0) is 4.79 Å². The van der Waals surface area contributed by atoms with Gasteiger partial charge >= 0.3 is 0 Å². The molecule has 4 nitrogen and oxygen atoms in total. The van der Waals surface area contributed by atoms with Gasteiger partial charge in [0.1, 0.15) is 5.75 Å². The molecule has 3 rings (SSSR count). The molecule has 0 unspecified atom stereocenters. The minimum absolute atomic E-state index is 0.0131. The van der Waals surface area contributed by atoms with E-state index >= 15 is 0 Å². The number of halogens is 1. The van der Waals surface area contributed by atoms with Crippen molar-refractivity contribution >= 4 is 17.5 Å². The lowest BCUT2D eigenvalue weighted by Crippen LogP contribution is -2.40. The van der Waals surface area contributed by atoms with Crippen molar-refractivity contribution in [3.05, 3.63) is 65.2 Å². The first-order chi connectivity index (χ1) is 13.2. The number of benzene rings is 2. The zero-order chi connectivity index (χ0) is 18.9. The average Bonchev–Trinajstić information content (AvgIpc) is 2.98. The maximum atomic E-state index is 12.3. The van der Waals surface area contributed by atoms with E-state index in [1.807, 2.05) is 48.5 Å². The summed E-state index contributed by atoms with van der Waals surface area (Å²) < 4.78 is 5.54. The molecule has 1 aliphatic rings. The molecule has 0 spiro atoms. The Hall–Kier alpha value is -2.04. The van der Waals surface area contributed by atoms with Crippen LogP contribution in [0.25, 0.3) is 0 Å². The van der Waals surface area contributed by atoms with Gasteiger partial charge in [0.25, 0.3) is 5.91 Å². The molecule has 0 saturated carbocycles. The van der Waals surface area contributed by atoms with E-state index in [0.717, 1.165) is 23.7 Å². The predicted molar refractivity (Wildman–Crippen MR) is 109 cm³/mol. The zero-order valence-electron chi connectivity index (χ0n) is 15.6. The maximum Gasteiger partial charge on any atom is 0.258 e. The van der Waals surface area contributed by atoms with E-state index in [0.29, 0.717) is 12.3 Å². The van der Waals surface area contributed by atoms with E-state index in [1.165, 1.54) is 25.7 Å². The summed E-state index contributed by atoms with van der Waals surface area (Å²) in [4.78, 5) is 14.8. The molecule has 2 aromatic rings. The van der Waals surface area contributed by atoms with Gasteiger partial charge in [0, 0.05) is 11.6 Å². The summed E-state index contributed by atoms with van der Waals surface area (Å²) in [6.07, 6.45) is 4.91. The van der Waals surface area contributed by atoms with Crippen LogP contribution < -0.4 is 10.1 Å². The molecule has 1 aliphatic heterocycles. The van der Waals surface area contributed by atoms with Crippen molar-refractivity contribution in [2.45, 2.75) is 31.7 Å². The van der Waals surface area contributed by atoms with Crippen LogP contribution in [-0.4, -0.2) is 37.0 Å². The molecule has 1 atom stereocenters. The van der Waals surface area contributed by atoms with Gasteiger partial charge in [-0.05, 0) is 49.7 Å². The average molecular weight is 387 g/mol. The number of ether oxygens (including phenoxy) is 1. The second-order valence-electron chi connectivity index (χ2n) is 6.89. The highest BCUT2D eigenvalue weighted by molar-refractivity contribution is 6.31. The van der Waals surface area contributed by atoms with Crippen molar-refractivity contribution < 1.29 is 9.53 Å². The van der Waals surface area contributed by atoms with Crippen LogP contribution in [0.5, 0.6) is 5.75 Å². The monoisotopic (exact) mass is 386 g/mol. The van der Waals surface area contributed by atoms with Crippen LogP contribution in [0.3, 0.4) is 0 Å². The van der Waals surface area contributed by atoms with E-state index in [2.05, 4.69) is 16.3 Å². The molecule has 1 amide bonds.